The third-order valence-corrected chi connectivity index (χ3v) is 2.10. The fourth-order valence-corrected chi connectivity index (χ4v) is 1.42. The van der Waals surface area contributed by atoms with E-state index < -0.39 is 5.97 Å². The molecule has 0 aromatic heterocycles. The van der Waals surface area contributed by atoms with Crippen molar-refractivity contribution < 1.29 is 19.4 Å². The predicted octanol–water partition coefficient (Wildman–Crippen LogP) is 1.11. The topological polar surface area (TPSA) is 75.6 Å². The smallest absolute Gasteiger partial charge is 0.339 e. The van der Waals surface area contributed by atoms with E-state index in [1.54, 1.807) is 12.1 Å². The average molecular weight is 207 g/mol. The molecule has 2 rings (SSSR count). The number of carboxylic acids is 1. The second-order valence-electron chi connectivity index (χ2n) is 3.13. The van der Waals surface area contributed by atoms with Crippen molar-refractivity contribution >= 4 is 17.6 Å². The van der Waals surface area contributed by atoms with Crippen LogP contribution in [0.1, 0.15) is 16.8 Å². The van der Waals surface area contributed by atoms with Crippen molar-refractivity contribution in [3.05, 3.63) is 23.8 Å². The van der Waals surface area contributed by atoms with E-state index in [0.29, 0.717) is 5.69 Å². The molecule has 1 amide bonds. The number of anilines is 1. The van der Waals surface area contributed by atoms with Crippen LogP contribution in [0.2, 0.25) is 0 Å². The summed E-state index contributed by atoms with van der Waals surface area (Å²) in [6.45, 7) is 0.198. The lowest BCUT2D eigenvalue weighted by Gasteiger charge is -2.09. The van der Waals surface area contributed by atoms with Crippen molar-refractivity contribution in [1.82, 2.24) is 0 Å². The van der Waals surface area contributed by atoms with Crippen LogP contribution < -0.4 is 10.1 Å². The molecule has 0 radical (unpaired) electrons. The molecular weight excluding hydrogens is 198 g/mol. The van der Waals surface area contributed by atoms with Gasteiger partial charge in [0.1, 0.15) is 5.56 Å². The van der Waals surface area contributed by atoms with E-state index in [-0.39, 0.29) is 30.2 Å². The highest BCUT2D eigenvalue weighted by Gasteiger charge is 2.19. The van der Waals surface area contributed by atoms with Gasteiger partial charge in [0.25, 0.3) is 0 Å². The van der Waals surface area contributed by atoms with Gasteiger partial charge in [-0.1, -0.05) is 6.07 Å². The van der Waals surface area contributed by atoms with Gasteiger partial charge in [-0.25, -0.2) is 4.79 Å². The van der Waals surface area contributed by atoms with Crippen molar-refractivity contribution in [3.8, 4) is 5.75 Å². The van der Waals surface area contributed by atoms with Crippen LogP contribution in [0.4, 0.5) is 5.69 Å². The van der Waals surface area contributed by atoms with Gasteiger partial charge in [-0.2, -0.15) is 0 Å². The van der Waals surface area contributed by atoms with Crippen LogP contribution in [0.3, 0.4) is 0 Å². The monoisotopic (exact) mass is 207 g/mol. The Morgan fingerprint density at radius 3 is 3.00 bits per heavy atom. The van der Waals surface area contributed by atoms with E-state index in [9.17, 15) is 9.59 Å². The highest BCUT2D eigenvalue weighted by atomic mass is 16.5. The van der Waals surface area contributed by atoms with Crippen LogP contribution in [0.25, 0.3) is 0 Å². The van der Waals surface area contributed by atoms with Crippen LogP contribution in [0.5, 0.6) is 5.75 Å². The van der Waals surface area contributed by atoms with Crippen LogP contribution >= 0.6 is 0 Å². The first kappa shape index (κ1) is 9.51. The van der Waals surface area contributed by atoms with Crippen molar-refractivity contribution in [1.29, 1.82) is 0 Å². The molecule has 78 valence electrons. The molecule has 15 heavy (non-hydrogen) atoms. The number of carbonyl (C=O) groups excluding carboxylic acids is 1. The molecule has 0 fully saturated rings. The number of carboxylic acid groups (broad SMARTS) is 1. The van der Waals surface area contributed by atoms with Crippen molar-refractivity contribution in [3.63, 3.8) is 0 Å². The fraction of sp³-hybridized carbons (Fsp3) is 0.200. The zero-order chi connectivity index (χ0) is 10.8. The first-order chi connectivity index (χ1) is 7.18. The number of hydrogen-bond acceptors (Lipinski definition) is 3. The number of benzene rings is 1. The Morgan fingerprint density at radius 2 is 2.27 bits per heavy atom. The second-order valence-corrected chi connectivity index (χ2v) is 3.13. The molecule has 5 nitrogen and oxygen atoms in total. The van der Waals surface area contributed by atoms with Gasteiger partial charge in [0.2, 0.25) is 5.91 Å². The summed E-state index contributed by atoms with van der Waals surface area (Å²) in [5.41, 5.74) is 0.479. The lowest BCUT2D eigenvalue weighted by molar-refractivity contribution is -0.116. The molecule has 1 aromatic rings. The molecule has 2 N–H and O–H groups in total. The van der Waals surface area contributed by atoms with E-state index in [2.05, 4.69) is 5.32 Å². The van der Waals surface area contributed by atoms with Crippen LogP contribution in [0, 0.1) is 0 Å². The van der Waals surface area contributed by atoms with E-state index >= 15 is 0 Å². The molecule has 1 aliphatic rings. The molecule has 5 heteroatoms. The highest BCUT2D eigenvalue weighted by molar-refractivity contribution is 5.98. The highest BCUT2D eigenvalue weighted by Crippen LogP contribution is 2.30. The summed E-state index contributed by atoms with van der Waals surface area (Å²) in [4.78, 5) is 22.1. The maximum atomic E-state index is 11.2. The minimum absolute atomic E-state index is 0.0645. The maximum absolute atomic E-state index is 11.2. The number of carbonyl (C=O) groups is 2. The lowest BCUT2D eigenvalue weighted by atomic mass is 10.1. The first-order valence-electron chi connectivity index (χ1n) is 4.47. The first-order valence-corrected chi connectivity index (χ1v) is 4.47. The van der Waals surface area contributed by atoms with Crippen LogP contribution in [-0.4, -0.2) is 23.6 Å². The number of para-hydroxylation sites is 1. The molecule has 1 aliphatic heterocycles. The Morgan fingerprint density at radius 1 is 1.47 bits per heavy atom. The van der Waals surface area contributed by atoms with Crippen molar-refractivity contribution in [2.75, 3.05) is 11.9 Å². The van der Waals surface area contributed by atoms with Crippen LogP contribution in [0.15, 0.2) is 18.2 Å². The summed E-state index contributed by atoms with van der Waals surface area (Å²) in [5, 5.41) is 11.5. The molecule has 0 saturated heterocycles. The number of hydrogen-bond donors (Lipinski definition) is 2. The normalized spacial score (nSPS) is 14.5. The quantitative estimate of drug-likeness (QED) is 0.723. The summed E-state index contributed by atoms with van der Waals surface area (Å²) in [7, 11) is 0. The molecule has 1 aromatic carbocycles. The van der Waals surface area contributed by atoms with E-state index in [1.807, 2.05) is 0 Å². The number of aromatic carboxylic acids is 1. The minimum Gasteiger partial charge on any atom is -0.490 e. The molecule has 0 spiro atoms. The van der Waals surface area contributed by atoms with Crippen molar-refractivity contribution in [2.45, 2.75) is 6.42 Å². The molecule has 0 aliphatic carbocycles. The zero-order valence-corrected chi connectivity index (χ0v) is 7.82. The zero-order valence-electron chi connectivity index (χ0n) is 7.82. The van der Waals surface area contributed by atoms with E-state index in [0.717, 1.165) is 0 Å². The van der Waals surface area contributed by atoms with Gasteiger partial charge >= 0.3 is 5.97 Å². The van der Waals surface area contributed by atoms with Gasteiger partial charge in [0.15, 0.2) is 5.75 Å². The van der Waals surface area contributed by atoms with Crippen molar-refractivity contribution in [2.24, 2.45) is 0 Å². The third-order valence-electron chi connectivity index (χ3n) is 2.10. The minimum atomic E-state index is -1.07. The standard InChI is InChI=1S/C10H9NO4/c12-8-4-5-15-9-6(10(13)14)2-1-3-7(9)11-8/h1-3H,4-5H2,(H,11,12)(H,13,14). The van der Waals surface area contributed by atoms with Crippen LogP contribution in [-0.2, 0) is 4.79 Å². The summed E-state index contributed by atoms with van der Waals surface area (Å²) >= 11 is 0. The lowest BCUT2D eigenvalue weighted by Crippen LogP contribution is -2.10. The summed E-state index contributed by atoms with van der Waals surface area (Å²) in [6.07, 6.45) is 0.230. The Bertz CT molecular complexity index is 427. The molecule has 1 heterocycles. The van der Waals surface area contributed by atoms with E-state index in [4.69, 9.17) is 9.84 Å². The number of nitrogens with one attached hydrogen (secondary N) is 1. The van der Waals surface area contributed by atoms with Gasteiger partial charge in [-0.3, -0.25) is 4.79 Å². The maximum Gasteiger partial charge on any atom is 0.339 e. The Kier molecular flexibility index (Phi) is 2.29. The number of fused-ring (bicyclic) bond motifs is 1. The fourth-order valence-electron chi connectivity index (χ4n) is 1.42. The Labute approximate surface area is 85.7 Å². The second kappa shape index (κ2) is 3.61. The molecule has 0 atom stereocenters. The molecule has 0 unspecified atom stereocenters. The molecular formula is C10H9NO4. The van der Waals surface area contributed by atoms with Gasteiger partial charge < -0.3 is 15.2 Å². The van der Waals surface area contributed by atoms with E-state index in [1.165, 1.54) is 6.07 Å². The predicted molar refractivity (Wildman–Crippen MR) is 52.1 cm³/mol. The number of rotatable bonds is 1. The summed E-state index contributed by atoms with van der Waals surface area (Å²) < 4.78 is 5.25. The van der Waals surface area contributed by atoms with Gasteiger partial charge in [-0.05, 0) is 12.1 Å². The van der Waals surface area contributed by atoms with Gasteiger partial charge in [0.05, 0.1) is 18.7 Å². The third kappa shape index (κ3) is 1.76. The largest absolute Gasteiger partial charge is 0.490 e. The molecule has 0 bridgehead atoms. The van der Waals surface area contributed by atoms with Gasteiger partial charge in [0, 0.05) is 0 Å². The molecule has 0 saturated carbocycles. The summed E-state index contributed by atoms with van der Waals surface area (Å²) in [6, 6.07) is 4.63. The SMILES string of the molecule is O=C1CCOc2c(cccc2C(=O)O)N1. The number of ether oxygens (including phenoxy) is 1. The van der Waals surface area contributed by atoms with Gasteiger partial charge in [-0.15, -0.1) is 0 Å². The summed E-state index contributed by atoms with van der Waals surface area (Å²) in [5.74, 6) is -1.00. The Hall–Kier alpha value is -2.04. The Balaban J connectivity index is 2.50. The average Bonchev–Trinajstić information content (AvgIpc) is 2.37. The number of amides is 1.